The van der Waals surface area contributed by atoms with Crippen LogP contribution in [-0.2, 0) is 4.79 Å². The number of carbonyl (C=O) groups is 2. The Kier molecular flexibility index (Phi) is 10.3. The van der Waals surface area contributed by atoms with E-state index < -0.39 is 0 Å². The van der Waals surface area contributed by atoms with E-state index in [9.17, 15) is 9.59 Å². The van der Waals surface area contributed by atoms with Gasteiger partial charge in [0.1, 0.15) is 0 Å². The maximum atomic E-state index is 13.4. The van der Waals surface area contributed by atoms with Gasteiger partial charge in [0.15, 0.2) is 0 Å². The fourth-order valence-electron chi connectivity index (χ4n) is 5.16. The van der Waals surface area contributed by atoms with Crippen molar-refractivity contribution in [3.8, 4) is 11.3 Å². The van der Waals surface area contributed by atoms with E-state index in [2.05, 4.69) is 64.2 Å². The molecular formula is C29H42N2O4. The molecule has 35 heavy (non-hydrogen) atoms. The minimum absolute atomic E-state index is 0.0249. The summed E-state index contributed by atoms with van der Waals surface area (Å²) in [7, 11) is 0. The number of benzene rings is 1. The standard InChI is InChI=1S/C28H40N2O2.CH2O2/c1-19-12-14-23(15-13-19)26-21(3)24(27(32)29-18-22-10-8-7-9-11-22)16-25(31)30(26)20(2)17-28(4,5)6;2-1-3/h12-16,20,22H,7-11,17-18H2,1-6H3,(H,29,32);1H,(H,2,3). The molecule has 192 valence electrons. The average Bonchev–Trinajstić information content (AvgIpc) is 2.79. The summed E-state index contributed by atoms with van der Waals surface area (Å²) in [6.07, 6.45) is 7.03. The van der Waals surface area contributed by atoms with Crippen LogP contribution < -0.4 is 10.9 Å². The molecule has 1 aromatic carbocycles. The molecule has 0 aliphatic heterocycles. The third kappa shape index (κ3) is 8.08. The lowest BCUT2D eigenvalue weighted by Crippen LogP contribution is -2.34. The first-order valence-electron chi connectivity index (χ1n) is 12.7. The fraction of sp³-hybridized carbons (Fsp3) is 0.552. The summed E-state index contributed by atoms with van der Waals surface area (Å²) >= 11 is 0. The van der Waals surface area contributed by atoms with Crippen LogP contribution in [0.15, 0.2) is 35.1 Å². The highest BCUT2D eigenvalue weighted by molar-refractivity contribution is 5.97. The summed E-state index contributed by atoms with van der Waals surface area (Å²) in [6, 6.07) is 9.81. The molecule has 1 aliphatic rings. The van der Waals surface area contributed by atoms with Gasteiger partial charge in [0.25, 0.3) is 17.9 Å². The van der Waals surface area contributed by atoms with E-state index in [1.807, 2.05) is 11.5 Å². The van der Waals surface area contributed by atoms with Crippen molar-refractivity contribution < 1.29 is 14.7 Å². The Morgan fingerprint density at radius 1 is 1.14 bits per heavy atom. The van der Waals surface area contributed by atoms with Crippen molar-refractivity contribution in [2.24, 2.45) is 11.3 Å². The van der Waals surface area contributed by atoms with Crippen molar-refractivity contribution in [2.75, 3.05) is 6.54 Å². The van der Waals surface area contributed by atoms with Crippen LogP contribution in [0, 0.1) is 25.2 Å². The normalized spacial score (nSPS) is 15.0. The van der Waals surface area contributed by atoms with Gasteiger partial charge in [0.05, 0.1) is 5.69 Å². The third-order valence-corrected chi connectivity index (χ3v) is 6.70. The maximum Gasteiger partial charge on any atom is 0.290 e. The van der Waals surface area contributed by atoms with Crippen LogP contribution in [0.2, 0.25) is 0 Å². The van der Waals surface area contributed by atoms with E-state index in [4.69, 9.17) is 9.90 Å². The number of amides is 1. The van der Waals surface area contributed by atoms with Crippen LogP contribution >= 0.6 is 0 Å². The Morgan fingerprint density at radius 2 is 1.71 bits per heavy atom. The number of carboxylic acid groups (broad SMARTS) is 1. The minimum Gasteiger partial charge on any atom is -0.483 e. The van der Waals surface area contributed by atoms with Crippen LogP contribution in [0.3, 0.4) is 0 Å². The third-order valence-electron chi connectivity index (χ3n) is 6.70. The molecule has 1 fully saturated rings. The van der Waals surface area contributed by atoms with Crippen molar-refractivity contribution in [1.29, 1.82) is 0 Å². The van der Waals surface area contributed by atoms with E-state index >= 15 is 0 Å². The lowest BCUT2D eigenvalue weighted by Gasteiger charge is -2.28. The Balaban J connectivity index is 0.00000137. The molecule has 1 unspecified atom stereocenters. The first kappa shape index (κ1) is 28.3. The van der Waals surface area contributed by atoms with Gasteiger partial charge in [-0.25, -0.2) is 0 Å². The van der Waals surface area contributed by atoms with Crippen molar-refractivity contribution in [3.05, 3.63) is 57.4 Å². The second-order valence-electron chi connectivity index (χ2n) is 11.0. The SMILES string of the molecule is Cc1ccc(-c2c(C)c(C(=O)NCC3CCCCC3)cc(=O)n2C(C)CC(C)(C)C)cc1.O=CO. The van der Waals surface area contributed by atoms with Gasteiger partial charge in [-0.3, -0.25) is 14.4 Å². The largest absolute Gasteiger partial charge is 0.483 e. The Morgan fingerprint density at radius 3 is 2.26 bits per heavy atom. The molecule has 0 saturated heterocycles. The van der Waals surface area contributed by atoms with Crippen LogP contribution in [0.5, 0.6) is 0 Å². The van der Waals surface area contributed by atoms with Crippen molar-refractivity contribution >= 4 is 12.4 Å². The highest BCUT2D eigenvalue weighted by Crippen LogP contribution is 2.32. The number of nitrogens with zero attached hydrogens (tertiary/aromatic N) is 1. The summed E-state index contributed by atoms with van der Waals surface area (Å²) < 4.78 is 1.89. The smallest absolute Gasteiger partial charge is 0.290 e. The summed E-state index contributed by atoms with van der Waals surface area (Å²) in [5, 5.41) is 10.0. The highest BCUT2D eigenvalue weighted by Gasteiger charge is 2.24. The topological polar surface area (TPSA) is 88.4 Å². The molecule has 6 nitrogen and oxygen atoms in total. The zero-order valence-electron chi connectivity index (χ0n) is 22.2. The second-order valence-corrected chi connectivity index (χ2v) is 11.0. The molecule has 1 atom stereocenters. The number of hydrogen-bond donors (Lipinski definition) is 2. The van der Waals surface area contributed by atoms with E-state index in [0.29, 0.717) is 18.0 Å². The van der Waals surface area contributed by atoms with Crippen molar-refractivity contribution in [1.82, 2.24) is 9.88 Å². The Bertz CT molecular complexity index is 1040. The molecule has 1 amide bonds. The minimum atomic E-state index is -0.250. The summed E-state index contributed by atoms with van der Waals surface area (Å²) in [5.41, 5.74) is 4.36. The zero-order chi connectivity index (χ0) is 26.2. The van der Waals surface area contributed by atoms with Crippen molar-refractivity contribution in [3.63, 3.8) is 0 Å². The molecule has 0 spiro atoms. The van der Waals surface area contributed by atoms with Gasteiger partial charge >= 0.3 is 0 Å². The predicted molar refractivity (Wildman–Crippen MR) is 142 cm³/mol. The molecule has 6 heteroatoms. The summed E-state index contributed by atoms with van der Waals surface area (Å²) in [6.45, 7) is 13.2. The number of hydrogen-bond acceptors (Lipinski definition) is 3. The number of pyridine rings is 1. The van der Waals surface area contributed by atoms with Gasteiger partial charge in [0, 0.05) is 24.2 Å². The Labute approximate surface area is 209 Å². The van der Waals surface area contributed by atoms with Gasteiger partial charge in [-0.15, -0.1) is 0 Å². The van der Waals surface area contributed by atoms with E-state index in [1.165, 1.54) is 37.7 Å². The second kappa shape index (κ2) is 12.7. The molecule has 2 aromatic rings. The van der Waals surface area contributed by atoms with Crippen LogP contribution in [0.25, 0.3) is 11.3 Å². The molecule has 3 rings (SSSR count). The molecule has 0 bridgehead atoms. The summed E-state index contributed by atoms with van der Waals surface area (Å²) in [4.78, 5) is 34.9. The van der Waals surface area contributed by atoms with Crippen molar-refractivity contribution in [2.45, 2.75) is 86.1 Å². The number of nitrogens with one attached hydrogen (secondary N) is 1. The van der Waals surface area contributed by atoms with E-state index in [1.54, 1.807) is 6.07 Å². The van der Waals surface area contributed by atoms with Crippen LogP contribution in [0.4, 0.5) is 0 Å². The molecular weight excluding hydrogens is 440 g/mol. The zero-order valence-corrected chi connectivity index (χ0v) is 22.2. The predicted octanol–water partition coefficient (Wildman–Crippen LogP) is 6.14. The Hall–Kier alpha value is -2.89. The number of aryl methyl sites for hydroxylation is 1. The lowest BCUT2D eigenvalue weighted by molar-refractivity contribution is -0.122. The lowest BCUT2D eigenvalue weighted by atomic mass is 9.88. The van der Waals surface area contributed by atoms with Gasteiger partial charge in [-0.1, -0.05) is 69.9 Å². The first-order valence-corrected chi connectivity index (χ1v) is 12.7. The molecule has 2 N–H and O–H groups in total. The van der Waals surface area contributed by atoms with E-state index in [0.717, 1.165) is 23.2 Å². The first-order chi connectivity index (χ1) is 16.5. The number of carbonyl (C=O) groups excluding carboxylic acids is 1. The number of rotatable bonds is 6. The van der Waals surface area contributed by atoms with Crippen LogP contribution in [0.1, 0.15) is 93.7 Å². The average molecular weight is 483 g/mol. The monoisotopic (exact) mass is 482 g/mol. The highest BCUT2D eigenvalue weighted by atomic mass is 16.3. The quantitative estimate of drug-likeness (QED) is 0.484. The molecule has 1 aromatic heterocycles. The summed E-state index contributed by atoms with van der Waals surface area (Å²) in [5.74, 6) is 0.422. The fourth-order valence-corrected chi connectivity index (χ4v) is 5.16. The van der Waals surface area contributed by atoms with Gasteiger partial charge in [-0.05, 0) is 62.5 Å². The van der Waals surface area contributed by atoms with E-state index in [-0.39, 0.29) is 29.4 Å². The van der Waals surface area contributed by atoms with Gasteiger partial charge in [-0.2, -0.15) is 0 Å². The molecule has 1 aliphatic carbocycles. The molecule has 1 heterocycles. The van der Waals surface area contributed by atoms with Gasteiger partial charge in [0.2, 0.25) is 0 Å². The van der Waals surface area contributed by atoms with Crippen LogP contribution in [-0.4, -0.2) is 28.6 Å². The number of aromatic nitrogens is 1. The molecule has 0 radical (unpaired) electrons. The van der Waals surface area contributed by atoms with Gasteiger partial charge < -0.3 is 15.0 Å². The maximum absolute atomic E-state index is 13.4. The molecule has 1 saturated carbocycles.